The highest BCUT2D eigenvalue weighted by atomic mass is 16.6. The molecule has 0 saturated heterocycles. The van der Waals surface area contributed by atoms with Gasteiger partial charge in [-0.2, -0.15) is 0 Å². The van der Waals surface area contributed by atoms with Crippen LogP contribution in [0.3, 0.4) is 0 Å². The minimum atomic E-state index is -0.648. The molecule has 0 spiro atoms. The molecule has 0 heterocycles. The summed E-state index contributed by atoms with van der Waals surface area (Å²) in [6.45, 7) is 4.67. The third-order valence-electron chi connectivity index (χ3n) is 3.55. The van der Waals surface area contributed by atoms with Crippen molar-refractivity contribution < 1.29 is 28.6 Å². The molecule has 2 rings (SSSR count). The van der Waals surface area contributed by atoms with E-state index in [0.29, 0.717) is 17.0 Å². The lowest BCUT2D eigenvalue weighted by molar-refractivity contribution is -0.149. The third kappa shape index (κ3) is 6.75. The van der Waals surface area contributed by atoms with Crippen molar-refractivity contribution in [3.05, 3.63) is 59.7 Å². The second kappa shape index (κ2) is 10.1. The zero-order valence-electron chi connectivity index (χ0n) is 16.1. The zero-order valence-corrected chi connectivity index (χ0v) is 16.1. The first-order chi connectivity index (χ1) is 13.3. The second-order valence-corrected chi connectivity index (χ2v) is 6.29. The molecule has 0 aromatic heterocycles. The van der Waals surface area contributed by atoms with Gasteiger partial charge in [-0.15, -0.1) is 0 Å². The zero-order chi connectivity index (χ0) is 20.5. The van der Waals surface area contributed by atoms with E-state index in [2.05, 4.69) is 5.32 Å². The first-order valence-corrected chi connectivity index (χ1v) is 8.80. The number of anilines is 1. The van der Waals surface area contributed by atoms with Crippen molar-refractivity contribution in [1.29, 1.82) is 0 Å². The number of carbonyl (C=O) groups excluding carboxylic acids is 3. The Balaban J connectivity index is 1.75. The predicted octanol–water partition coefficient (Wildman–Crippen LogP) is 3.12. The molecule has 1 amide bonds. The van der Waals surface area contributed by atoms with Gasteiger partial charge in [0.15, 0.2) is 13.2 Å². The van der Waals surface area contributed by atoms with E-state index in [-0.39, 0.29) is 12.7 Å². The van der Waals surface area contributed by atoms with E-state index in [1.807, 2.05) is 19.1 Å². The van der Waals surface area contributed by atoms with Gasteiger partial charge in [-0.25, -0.2) is 9.59 Å². The molecule has 2 aromatic carbocycles. The maximum atomic E-state index is 11.9. The van der Waals surface area contributed by atoms with Crippen LogP contribution in [0.1, 0.15) is 29.8 Å². The number of hydrogen-bond donors (Lipinski definition) is 1. The fourth-order valence-electron chi connectivity index (χ4n) is 2.21. The van der Waals surface area contributed by atoms with Gasteiger partial charge in [-0.05, 0) is 56.7 Å². The van der Waals surface area contributed by atoms with Gasteiger partial charge in [0.1, 0.15) is 5.75 Å². The number of benzene rings is 2. The molecular weight excluding hydrogens is 362 g/mol. The minimum absolute atomic E-state index is 0.212. The topological polar surface area (TPSA) is 90.9 Å². The lowest BCUT2D eigenvalue weighted by Crippen LogP contribution is -2.23. The van der Waals surface area contributed by atoms with Crippen molar-refractivity contribution >= 4 is 23.5 Å². The molecule has 28 heavy (non-hydrogen) atoms. The molecule has 0 saturated carbocycles. The van der Waals surface area contributed by atoms with Crippen molar-refractivity contribution in [3.8, 4) is 5.75 Å². The molecule has 0 radical (unpaired) electrons. The van der Waals surface area contributed by atoms with Crippen LogP contribution in [0, 0.1) is 6.92 Å². The van der Waals surface area contributed by atoms with Crippen LogP contribution in [-0.2, 0) is 19.1 Å². The van der Waals surface area contributed by atoms with Crippen LogP contribution in [-0.4, -0.2) is 37.2 Å². The molecule has 0 atom stereocenters. The van der Waals surface area contributed by atoms with Gasteiger partial charge in [0.25, 0.3) is 5.91 Å². The van der Waals surface area contributed by atoms with E-state index in [4.69, 9.17) is 14.2 Å². The minimum Gasteiger partial charge on any atom is -0.482 e. The number of aryl methyl sites for hydroxylation is 1. The van der Waals surface area contributed by atoms with E-state index in [1.165, 1.54) is 0 Å². The fourth-order valence-corrected chi connectivity index (χ4v) is 2.21. The Morgan fingerprint density at radius 1 is 0.964 bits per heavy atom. The number of para-hydroxylation sites is 1. The molecule has 0 aliphatic heterocycles. The van der Waals surface area contributed by atoms with Crippen molar-refractivity contribution in [3.63, 3.8) is 0 Å². The summed E-state index contributed by atoms with van der Waals surface area (Å²) in [7, 11) is 0. The summed E-state index contributed by atoms with van der Waals surface area (Å²) >= 11 is 0. The van der Waals surface area contributed by atoms with E-state index in [9.17, 15) is 14.4 Å². The number of esters is 2. The molecule has 0 bridgehead atoms. The Morgan fingerprint density at radius 3 is 2.29 bits per heavy atom. The quantitative estimate of drug-likeness (QED) is 0.702. The number of rotatable bonds is 8. The van der Waals surface area contributed by atoms with Crippen molar-refractivity contribution in [2.45, 2.75) is 26.9 Å². The predicted molar refractivity (Wildman–Crippen MR) is 103 cm³/mol. The van der Waals surface area contributed by atoms with Gasteiger partial charge in [0.2, 0.25) is 0 Å². The molecule has 1 N–H and O–H groups in total. The fraction of sp³-hybridized carbons (Fsp3) is 0.286. The molecule has 0 fully saturated rings. The molecule has 0 aliphatic carbocycles. The van der Waals surface area contributed by atoms with Crippen LogP contribution in [0.5, 0.6) is 5.75 Å². The monoisotopic (exact) mass is 385 g/mol. The normalized spacial score (nSPS) is 10.3. The van der Waals surface area contributed by atoms with Crippen molar-refractivity contribution in [1.82, 2.24) is 0 Å². The summed E-state index contributed by atoms with van der Waals surface area (Å²) in [5.74, 6) is -0.998. The Bertz CT molecular complexity index is 829. The summed E-state index contributed by atoms with van der Waals surface area (Å²) in [4.78, 5) is 35.4. The Kier molecular flexibility index (Phi) is 7.56. The summed E-state index contributed by atoms with van der Waals surface area (Å²) in [6, 6.07) is 13.5. The van der Waals surface area contributed by atoms with E-state index < -0.39 is 24.5 Å². The molecule has 0 aliphatic rings. The lowest BCUT2D eigenvalue weighted by Gasteiger charge is -2.10. The van der Waals surface area contributed by atoms with Crippen molar-refractivity contribution in [2.75, 3.05) is 18.5 Å². The van der Waals surface area contributed by atoms with Gasteiger partial charge in [0, 0.05) is 5.69 Å². The molecule has 0 unspecified atom stereocenters. The molecule has 148 valence electrons. The smallest absolute Gasteiger partial charge is 0.344 e. The SMILES string of the molecule is Cc1ccccc1OCC(=O)OCC(=O)Nc1ccc(C(=O)OC(C)C)cc1. The maximum Gasteiger partial charge on any atom is 0.344 e. The molecular formula is C21H23NO6. The van der Waals surface area contributed by atoms with Crippen LogP contribution in [0.2, 0.25) is 0 Å². The molecule has 7 heteroatoms. The number of hydrogen-bond acceptors (Lipinski definition) is 6. The van der Waals surface area contributed by atoms with Crippen LogP contribution < -0.4 is 10.1 Å². The number of amides is 1. The Labute approximate surface area is 163 Å². The van der Waals surface area contributed by atoms with Crippen molar-refractivity contribution in [2.24, 2.45) is 0 Å². The second-order valence-electron chi connectivity index (χ2n) is 6.29. The van der Waals surface area contributed by atoms with Gasteiger partial charge in [0.05, 0.1) is 11.7 Å². The van der Waals surface area contributed by atoms with Crippen LogP contribution >= 0.6 is 0 Å². The average molecular weight is 385 g/mol. The highest BCUT2D eigenvalue weighted by Gasteiger charge is 2.11. The number of nitrogens with one attached hydrogen (secondary N) is 1. The van der Waals surface area contributed by atoms with Crippen LogP contribution in [0.4, 0.5) is 5.69 Å². The Morgan fingerprint density at radius 2 is 1.64 bits per heavy atom. The van der Waals surface area contributed by atoms with Gasteiger partial charge in [-0.1, -0.05) is 18.2 Å². The van der Waals surface area contributed by atoms with E-state index in [1.54, 1.807) is 50.2 Å². The molecule has 7 nitrogen and oxygen atoms in total. The summed E-state index contributed by atoms with van der Waals surface area (Å²) < 4.78 is 15.3. The number of carbonyl (C=O) groups is 3. The van der Waals surface area contributed by atoms with Crippen LogP contribution in [0.25, 0.3) is 0 Å². The van der Waals surface area contributed by atoms with Gasteiger partial charge in [-0.3, -0.25) is 4.79 Å². The maximum absolute atomic E-state index is 11.9. The standard InChI is InChI=1S/C21H23NO6/c1-14(2)28-21(25)16-8-10-17(11-9-16)22-19(23)12-27-20(24)13-26-18-7-5-4-6-15(18)3/h4-11,14H,12-13H2,1-3H3,(H,22,23). The summed E-state index contributed by atoms with van der Waals surface area (Å²) in [5, 5.41) is 2.58. The summed E-state index contributed by atoms with van der Waals surface area (Å²) in [5.41, 5.74) is 1.75. The molecule has 2 aromatic rings. The number of ether oxygens (including phenoxy) is 3. The Hall–Kier alpha value is -3.35. The first kappa shape index (κ1) is 21.0. The van der Waals surface area contributed by atoms with E-state index in [0.717, 1.165) is 5.56 Å². The largest absolute Gasteiger partial charge is 0.482 e. The van der Waals surface area contributed by atoms with E-state index >= 15 is 0 Å². The van der Waals surface area contributed by atoms with Gasteiger partial charge >= 0.3 is 11.9 Å². The van der Waals surface area contributed by atoms with Gasteiger partial charge < -0.3 is 19.5 Å². The first-order valence-electron chi connectivity index (χ1n) is 8.80. The highest BCUT2D eigenvalue weighted by molar-refractivity contribution is 5.94. The van der Waals surface area contributed by atoms with Crippen LogP contribution in [0.15, 0.2) is 48.5 Å². The highest BCUT2D eigenvalue weighted by Crippen LogP contribution is 2.16. The summed E-state index contributed by atoms with van der Waals surface area (Å²) in [6.07, 6.45) is -0.212. The third-order valence-corrected chi connectivity index (χ3v) is 3.55. The average Bonchev–Trinajstić information content (AvgIpc) is 2.65. The lowest BCUT2D eigenvalue weighted by atomic mass is 10.2.